The molecule has 0 amide bonds. The molecule has 27 heavy (non-hydrogen) atoms. The quantitative estimate of drug-likeness (QED) is 0.514. The van der Waals surface area contributed by atoms with Gasteiger partial charge in [0.25, 0.3) is 0 Å². The molecule has 3 aliphatic carbocycles. The Morgan fingerprint density at radius 1 is 1.41 bits per heavy atom. The van der Waals surface area contributed by atoms with E-state index in [-0.39, 0.29) is 29.6 Å². The molecule has 0 aromatic heterocycles. The molecule has 1 N–H and O–H groups in total. The Hall–Kier alpha value is -1.41. The van der Waals surface area contributed by atoms with Gasteiger partial charge >= 0.3 is 0 Å². The van der Waals surface area contributed by atoms with E-state index in [0.717, 1.165) is 18.4 Å². The molecule has 0 aromatic rings. The minimum atomic E-state index is -0.109. The van der Waals surface area contributed by atoms with Gasteiger partial charge in [0.2, 0.25) is 0 Å². The van der Waals surface area contributed by atoms with Crippen LogP contribution in [0.5, 0.6) is 0 Å². The summed E-state index contributed by atoms with van der Waals surface area (Å²) in [4.78, 5) is 12.6. The molecule has 1 fully saturated rings. The van der Waals surface area contributed by atoms with Gasteiger partial charge in [-0.3, -0.25) is 4.79 Å². The van der Waals surface area contributed by atoms with Gasteiger partial charge in [-0.05, 0) is 87.2 Å². The van der Waals surface area contributed by atoms with Gasteiger partial charge in [0, 0.05) is 0 Å². The second-order valence-corrected chi connectivity index (χ2v) is 9.70. The summed E-state index contributed by atoms with van der Waals surface area (Å²) in [5, 5.41) is 9.95. The van der Waals surface area contributed by atoms with Crippen LogP contribution in [0.2, 0.25) is 0 Å². The predicted octanol–water partition coefficient (Wildman–Crippen LogP) is 5.65. The van der Waals surface area contributed by atoms with Crippen molar-refractivity contribution >= 4 is 5.78 Å². The van der Waals surface area contributed by atoms with Crippen molar-refractivity contribution in [1.82, 2.24) is 0 Å². The highest BCUT2D eigenvalue weighted by Gasteiger charge is 2.50. The molecule has 0 heterocycles. The van der Waals surface area contributed by atoms with E-state index >= 15 is 0 Å². The maximum absolute atomic E-state index is 12.6. The SMILES string of the molecule is CC(C)=CC=CC(C)C1CCC2(C)CC3C(C)=CC(=O)C3C(CO)=CCC12. The third-order valence-electron chi connectivity index (χ3n) is 7.55. The van der Waals surface area contributed by atoms with Crippen molar-refractivity contribution in [3.05, 3.63) is 47.1 Å². The molecule has 2 nitrogen and oxygen atoms in total. The lowest BCUT2D eigenvalue weighted by Gasteiger charge is -2.41. The van der Waals surface area contributed by atoms with E-state index < -0.39 is 0 Å². The van der Waals surface area contributed by atoms with E-state index in [1.165, 1.54) is 24.0 Å². The van der Waals surface area contributed by atoms with Gasteiger partial charge in [-0.2, -0.15) is 0 Å². The molecule has 3 aliphatic rings. The second-order valence-electron chi connectivity index (χ2n) is 9.70. The maximum atomic E-state index is 12.6. The van der Waals surface area contributed by atoms with Crippen LogP contribution < -0.4 is 0 Å². The van der Waals surface area contributed by atoms with Gasteiger partial charge in [0.1, 0.15) is 0 Å². The number of carbonyl (C=O) groups excluding carboxylic acids is 1. The van der Waals surface area contributed by atoms with Gasteiger partial charge < -0.3 is 5.11 Å². The highest BCUT2D eigenvalue weighted by molar-refractivity contribution is 5.97. The third-order valence-corrected chi connectivity index (χ3v) is 7.55. The first-order chi connectivity index (χ1) is 12.8. The van der Waals surface area contributed by atoms with Crippen molar-refractivity contribution in [2.75, 3.05) is 6.61 Å². The van der Waals surface area contributed by atoms with Crippen LogP contribution in [0.1, 0.15) is 60.3 Å². The molecule has 0 aliphatic heterocycles. The zero-order valence-corrected chi connectivity index (χ0v) is 17.7. The minimum Gasteiger partial charge on any atom is -0.392 e. The number of fused-ring (bicyclic) bond motifs is 2. The number of ketones is 1. The fourth-order valence-corrected chi connectivity index (χ4v) is 5.98. The molecule has 148 valence electrons. The highest BCUT2D eigenvalue weighted by Crippen LogP contribution is 2.58. The normalized spacial score (nSPS) is 37.2. The van der Waals surface area contributed by atoms with Gasteiger partial charge in [-0.15, -0.1) is 0 Å². The molecule has 3 rings (SSSR count). The summed E-state index contributed by atoms with van der Waals surface area (Å²) in [5.74, 6) is 2.21. The van der Waals surface area contributed by atoms with E-state index in [1.807, 2.05) is 6.08 Å². The smallest absolute Gasteiger partial charge is 0.163 e. The summed E-state index contributed by atoms with van der Waals surface area (Å²) in [6.07, 6.45) is 15.4. The Kier molecular flexibility index (Phi) is 5.96. The van der Waals surface area contributed by atoms with E-state index in [9.17, 15) is 9.90 Å². The number of aliphatic hydroxyl groups excluding tert-OH is 1. The van der Waals surface area contributed by atoms with E-state index in [4.69, 9.17) is 0 Å². The molecule has 0 aromatic carbocycles. The van der Waals surface area contributed by atoms with E-state index in [2.05, 4.69) is 58.9 Å². The number of aliphatic hydroxyl groups is 1. The Bertz CT molecular complexity index is 704. The van der Waals surface area contributed by atoms with Gasteiger partial charge in [0.05, 0.1) is 12.5 Å². The number of hydrogen-bond acceptors (Lipinski definition) is 2. The first kappa shape index (κ1) is 20.3. The van der Waals surface area contributed by atoms with Crippen molar-refractivity contribution in [2.45, 2.75) is 60.3 Å². The van der Waals surface area contributed by atoms with Gasteiger partial charge in [-0.1, -0.05) is 49.3 Å². The molecule has 0 bridgehead atoms. The average Bonchev–Trinajstić information content (AvgIpc) is 3.04. The number of allylic oxidation sites excluding steroid dienone is 7. The zero-order chi connectivity index (χ0) is 19.8. The predicted molar refractivity (Wildman–Crippen MR) is 112 cm³/mol. The zero-order valence-electron chi connectivity index (χ0n) is 17.7. The first-order valence-electron chi connectivity index (χ1n) is 10.6. The largest absolute Gasteiger partial charge is 0.392 e. The van der Waals surface area contributed by atoms with Crippen molar-refractivity contribution in [1.29, 1.82) is 0 Å². The lowest BCUT2D eigenvalue weighted by Crippen LogP contribution is -2.34. The van der Waals surface area contributed by atoms with E-state index in [0.29, 0.717) is 17.8 Å². The maximum Gasteiger partial charge on any atom is 0.163 e. The Balaban J connectivity index is 1.89. The van der Waals surface area contributed by atoms with E-state index in [1.54, 1.807) is 0 Å². The number of hydrogen-bond donors (Lipinski definition) is 1. The Labute approximate surface area is 165 Å². The highest BCUT2D eigenvalue weighted by atomic mass is 16.3. The standard InChI is InChI=1S/C25H36O2/c1-16(2)7-6-8-17(3)20-11-12-25(5)14-21-18(4)13-23(27)24(21)19(15-26)9-10-22(20)25/h6-9,13,17,20-22,24,26H,10-12,14-15H2,1-5H3. The summed E-state index contributed by atoms with van der Waals surface area (Å²) in [5.41, 5.74) is 3.78. The summed E-state index contributed by atoms with van der Waals surface area (Å²) in [7, 11) is 0. The fourth-order valence-electron chi connectivity index (χ4n) is 5.98. The monoisotopic (exact) mass is 368 g/mol. The third kappa shape index (κ3) is 3.92. The summed E-state index contributed by atoms with van der Waals surface area (Å²) < 4.78 is 0. The summed E-state index contributed by atoms with van der Waals surface area (Å²) in [6, 6.07) is 0. The van der Waals surface area contributed by atoms with Crippen LogP contribution in [-0.4, -0.2) is 17.5 Å². The molecule has 6 atom stereocenters. The Morgan fingerprint density at radius 2 is 2.15 bits per heavy atom. The molecule has 6 unspecified atom stereocenters. The van der Waals surface area contributed by atoms with Crippen molar-refractivity contribution < 1.29 is 9.90 Å². The lowest BCUT2D eigenvalue weighted by molar-refractivity contribution is -0.117. The second kappa shape index (κ2) is 7.91. The summed E-state index contributed by atoms with van der Waals surface area (Å²) in [6.45, 7) is 11.2. The fraction of sp³-hybridized carbons (Fsp3) is 0.640. The van der Waals surface area contributed by atoms with Crippen LogP contribution in [0.3, 0.4) is 0 Å². The Morgan fingerprint density at radius 3 is 2.81 bits per heavy atom. The first-order valence-corrected chi connectivity index (χ1v) is 10.6. The van der Waals surface area contributed by atoms with Crippen molar-refractivity contribution in [2.24, 2.45) is 35.0 Å². The molecular formula is C25H36O2. The van der Waals surface area contributed by atoms with Crippen molar-refractivity contribution in [3.8, 4) is 0 Å². The lowest BCUT2D eigenvalue weighted by atomic mass is 9.63. The van der Waals surface area contributed by atoms with Crippen LogP contribution >= 0.6 is 0 Å². The molecule has 1 saturated carbocycles. The molecular weight excluding hydrogens is 332 g/mol. The van der Waals surface area contributed by atoms with Crippen LogP contribution in [0.25, 0.3) is 0 Å². The van der Waals surface area contributed by atoms with Gasteiger partial charge in [0.15, 0.2) is 5.78 Å². The average molecular weight is 369 g/mol. The van der Waals surface area contributed by atoms with Crippen LogP contribution in [0, 0.1) is 35.0 Å². The summed E-state index contributed by atoms with van der Waals surface area (Å²) >= 11 is 0. The number of carbonyl (C=O) groups is 1. The molecule has 0 saturated heterocycles. The van der Waals surface area contributed by atoms with Crippen molar-refractivity contribution in [3.63, 3.8) is 0 Å². The van der Waals surface area contributed by atoms with Crippen LogP contribution in [0.4, 0.5) is 0 Å². The van der Waals surface area contributed by atoms with Gasteiger partial charge in [-0.25, -0.2) is 0 Å². The van der Waals surface area contributed by atoms with Crippen LogP contribution in [-0.2, 0) is 4.79 Å². The number of rotatable bonds is 4. The van der Waals surface area contributed by atoms with Crippen LogP contribution in [0.15, 0.2) is 47.1 Å². The topological polar surface area (TPSA) is 37.3 Å². The molecule has 2 heteroatoms. The molecule has 0 spiro atoms. The molecule has 0 radical (unpaired) electrons. The minimum absolute atomic E-state index is 0.0121.